The van der Waals surface area contributed by atoms with Gasteiger partial charge in [0.1, 0.15) is 5.82 Å². The normalized spacial score (nSPS) is 11.1. The van der Waals surface area contributed by atoms with Crippen molar-refractivity contribution in [1.82, 2.24) is 10.3 Å². The van der Waals surface area contributed by atoms with E-state index in [0.29, 0.717) is 11.6 Å². The maximum absolute atomic E-state index is 14.1. The van der Waals surface area contributed by atoms with Gasteiger partial charge in [0.2, 0.25) is 5.88 Å². The standard InChI is InChI=1S/C21H14F5N3O4/c22-15-8-12(21(24,25)26)2-4-14(15)19(30)29-13-3-6-18(27-10-13)33-17-5-1-11(7-16(17)23)9-28-20(31)32/h1-8,10,28H,9H2,(H,29,30)(H,31,32). The number of anilines is 1. The molecule has 0 aliphatic heterocycles. The lowest BCUT2D eigenvalue weighted by Crippen LogP contribution is -2.19. The van der Waals surface area contributed by atoms with Crippen molar-refractivity contribution in [3.63, 3.8) is 0 Å². The number of rotatable bonds is 6. The summed E-state index contributed by atoms with van der Waals surface area (Å²) >= 11 is 0. The summed E-state index contributed by atoms with van der Waals surface area (Å²) < 4.78 is 71.2. The molecule has 0 unspecified atom stereocenters. The molecule has 3 aromatic rings. The van der Waals surface area contributed by atoms with Gasteiger partial charge in [-0.25, -0.2) is 18.6 Å². The molecule has 1 heterocycles. The number of pyridine rings is 1. The average Bonchev–Trinajstić information content (AvgIpc) is 2.74. The fourth-order valence-corrected chi connectivity index (χ4v) is 2.62. The van der Waals surface area contributed by atoms with E-state index >= 15 is 0 Å². The minimum atomic E-state index is -4.75. The van der Waals surface area contributed by atoms with Crippen molar-refractivity contribution < 1.29 is 41.4 Å². The molecule has 2 amide bonds. The maximum atomic E-state index is 14.1. The third-order valence-electron chi connectivity index (χ3n) is 4.19. The van der Waals surface area contributed by atoms with Crippen LogP contribution in [0, 0.1) is 11.6 Å². The third-order valence-corrected chi connectivity index (χ3v) is 4.19. The van der Waals surface area contributed by atoms with Gasteiger partial charge in [-0.1, -0.05) is 6.07 Å². The van der Waals surface area contributed by atoms with Gasteiger partial charge in [0.15, 0.2) is 11.6 Å². The number of hydrogen-bond donors (Lipinski definition) is 3. The van der Waals surface area contributed by atoms with Gasteiger partial charge in [0.25, 0.3) is 5.91 Å². The van der Waals surface area contributed by atoms with Crippen LogP contribution in [0.25, 0.3) is 0 Å². The summed E-state index contributed by atoms with van der Waals surface area (Å²) in [5, 5.41) is 12.9. The first-order chi connectivity index (χ1) is 15.5. The first-order valence-electron chi connectivity index (χ1n) is 9.10. The van der Waals surface area contributed by atoms with E-state index in [1.54, 1.807) is 0 Å². The second kappa shape index (κ2) is 9.51. The fourth-order valence-electron chi connectivity index (χ4n) is 2.62. The molecule has 2 aromatic carbocycles. The summed E-state index contributed by atoms with van der Waals surface area (Å²) in [6.45, 7) is -0.0985. The van der Waals surface area contributed by atoms with E-state index in [1.807, 2.05) is 0 Å². The van der Waals surface area contributed by atoms with Crippen LogP contribution < -0.4 is 15.4 Å². The van der Waals surface area contributed by atoms with Crippen LogP contribution in [0.1, 0.15) is 21.5 Å². The molecule has 3 N–H and O–H groups in total. The highest BCUT2D eigenvalue weighted by Gasteiger charge is 2.31. The number of benzene rings is 2. The number of aromatic nitrogens is 1. The topological polar surface area (TPSA) is 101 Å². The molecule has 0 bridgehead atoms. The average molecular weight is 467 g/mol. The molecule has 0 radical (unpaired) electrons. The van der Waals surface area contributed by atoms with E-state index in [-0.39, 0.29) is 29.9 Å². The van der Waals surface area contributed by atoms with Crippen molar-refractivity contribution in [2.24, 2.45) is 0 Å². The maximum Gasteiger partial charge on any atom is 0.416 e. The molecule has 0 aliphatic carbocycles. The van der Waals surface area contributed by atoms with Crippen molar-refractivity contribution in [1.29, 1.82) is 0 Å². The first kappa shape index (κ1) is 23.4. The van der Waals surface area contributed by atoms with Crippen LogP contribution in [0.3, 0.4) is 0 Å². The molecule has 0 aliphatic rings. The van der Waals surface area contributed by atoms with Crippen LogP contribution in [0.15, 0.2) is 54.7 Å². The number of carbonyl (C=O) groups is 2. The zero-order chi connectivity index (χ0) is 24.2. The van der Waals surface area contributed by atoms with E-state index in [2.05, 4.69) is 15.6 Å². The van der Waals surface area contributed by atoms with Crippen molar-refractivity contribution in [2.45, 2.75) is 12.7 Å². The summed E-state index contributed by atoms with van der Waals surface area (Å²) in [6, 6.07) is 7.92. The Morgan fingerprint density at radius 2 is 1.76 bits per heavy atom. The summed E-state index contributed by atoms with van der Waals surface area (Å²) in [5.41, 5.74) is -1.37. The molecule has 172 valence electrons. The molecule has 0 saturated carbocycles. The van der Waals surface area contributed by atoms with Gasteiger partial charge in [-0.15, -0.1) is 0 Å². The Kier molecular flexibility index (Phi) is 6.75. The largest absolute Gasteiger partial charge is 0.465 e. The number of hydrogen-bond acceptors (Lipinski definition) is 4. The Hall–Kier alpha value is -4.22. The number of halogens is 5. The summed E-state index contributed by atoms with van der Waals surface area (Å²) in [5.74, 6) is -3.34. The van der Waals surface area contributed by atoms with Gasteiger partial charge in [-0.05, 0) is 42.0 Å². The van der Waals surface area contributed by atoms with Crippen molar-refractivity contribution in [3.8, 4) is 11.6 Å². The number of nitrogens with one attached hydrogen (secondary N) is 2. The highest BCUT2D eigenvalue weighted by molar-refractivity contribution is 6.04. The lowest BCUT2D eigenvalue weighted by molar-refractivity contribution is -0.137. The van der Waals surface area contributed by atoms with Crippen molar-refractivity contribution in [3.05, 3.63) is 83.1 Å². The van der Waals surface area contributed by atoms with E-state index in [1.165, 1.54) is 24.3 Å². The molecule has 0 spiro atoms. The molecule has 7 nitrogen and oxygen atoms in total. The molecule has 0 atom stereocenters. The molecular formula is C21H14F5N3O4. The highest BCUT2D eigenvalue weighted by Crippen LogP contribution is 2.30. The third kappa shape index (κ3) is 6.15. The van der Waals surface area contributed by atoms with E-state index in [0.717, 1.165) is 18.3 Å². The number of nitrogens with zero attached hydrogens (tertiary/aromatic N) is 1. The Bertz CT molecular complexity index is 1180. The minimum Gasteiger partial charge on any atom is -0.465 e. The molecule has 0 saturated heterocycles. The Morgan fingerprint density at radius 1 is 1.00 bits per heavy atom. The van der Waals surface area contributed by atoms with Gasteiger partial charge in [-0.2, -0.15) is 13.2 Å². The quantitative estimate of drug-likeness (QED) is 0.433. The predicted octanol–water partition coefficient (Wildman–Crippen LogP) is 5.19. The van der Waals surface area contributed by atoms with Crippen LogP contribution in [-0.2, 0) is 12.7 Å². The van der Waals surface area contributed by atoms with Crippen LogP contribution >= 0.6 is 0 Å². The van der Waals surface area contributed by atoms with Crippen molar-refractivity contribution in [2.75, 3.05) is 5.32 Å². The predicted molar refractivity (Wildman–Crippen MR) is 105 cm³/mol. The highest BCUT2D eigenvalue weighted by atomic mass is 19.4. The molecule has 1 aromatic heterocycles. The van der Waals surface area contributed by atoms with E-state index < -0.39 is 40.9 Å². The van der Waals surface area contributed by atoms with Gasteiger partial charge in [-0.3, -0.25) is 4.79 Å². The zero-order valence-electron chi connectivity index (χ0n) is 16.4. The van der Waals surface area contributed by atoms with Crippen LogP contribution in [0.4, 0.5) is 32.4 Å². The Labute approximate surface area is 182 Å². The lowest BCUT2D eigenvalue weighted by atomic mass is 10.1. The first-order valence-corrected chi connectivity index (χ1v) is 9.10. The molecular weight excluding hydrogens is 453 g/mol. The lowest BCUT2D eigenvalue weighted by Gasteiger charge is -2.10. The van der Waals surface area contributed by atoms with Gasteiger partial charge in [0, 0.05) is 12.6 Å². The van der Waals surface area contributed by atoms with E-state index in [9.17, 15) is 31.5 Å². The molecule has 33 heavy (non-hydrogen) atoms. The second-order valence-corrected chi connectivity index (χ2v) is 6.56. The molecule has 3 rings (SSSR count). The number of ether oxygens (including phenoxy) is 1. The van der Waals surface area contributed by atoms with Crippen LogP contribution in [0.5, 0.6) is 11.6 Å². The molecule has 12 heteroatoms. The minimum absolute atomic E-state index is 0.0518. The van der Waals surface area contributed by atoms with Gasteiger partial charge < -0.3 is 20.5 Å². The number of alkyl halides is 3. The zero-order valence-corrected chi connectivity index (χ0v) is 16.4. The Balaban J connectivity index is 1.65. The number of carboxylic acid groups (broad SMARTS) is 1. The SMILES string of the molecule is O=C(O)NCc1ccc(Oc2ccc(NC(=O)c3ccc(C(F)(F)F)cc3F)cn2)c(F)c1. The van der Waals surface area contributed by atoms with Crippen molar-refractivity contribution >= 4 is 17.7 Å². The summed E-state index contributed by atoms with van der Waals surface area (Å²) in [4.78, 5) is 26.5. The Morgan fingerprint density at radius 3 is 2.33 bits per heavy atom. The fraction of sp³-hybridized carbons (Fsp3) is 0.0952. The monoisotopic (exact) mass is 467 g/mol. The van der Waals surface area contributed by atoms with Gasteiger partial charge in [0.05, 0.1) is 23.0 Å². The smallest absolute Gasteiger partial charge is 0.416 e. The second-order valence-electron chi connectivity index (χ2n) is 6.56. The summed E-state index contributed by atoms with van der Waals surface area (Å²) in [6.07, 6.45) is -4.88. The molecule has 0 fully saturated rings. The summed E-state index contributed by atoms with van der Waals surface area (Å²) in [7, 11) is 0. The van der Waals surface area contributed by atoms with Crippen LogP contribution in [0.2, 0.25) is 0 Å². The van der Waals surface area contributed by atoms with Gasteiger partial charge >= 0.3 is 12.3 Å². The number of amides is 2. The van der Waals surface area contributed by atoms with E-state index in [4.69, 9.17) is 9.84 Å². The van der Waals surface area contributed by atoms with Crippen LogP contribution in [-0.4, -0.2) is 22.1 Å². The number of carbonyl (C=O) groups excluding carboxylic acids is 1.